The van der Waals surface area contributed by atoms with E-state index in [0.717, 1.165) is 18.9 Å². The first-order chi connectivity index (χ1) is 11.2. The van der Waals surface area contributed by atoms with Gasteiger partial charge in [-0.05, 0) is 31.9 Å². The second kappa shape index (κ2) is 6.91. The lowest BCUT2D eigenvalue weighted by molar-refractivity contribution is -0.144. The molecule has 0 bridgehead atoms. The van der Waals surface area contributed by atoms with Gasteiger partial charge in [-0.15, -0.1) is 0 Å². The molecule has 0 fully saturated rings. The molecule has 0 amide bonds. The standard InChI is InChI=1S/C19H21ClO4/c1-5-11(2)8-12(3)6-7-13-9-14-15(10-24-13)17(21)19(4,23)18(22)16(14)20/h6-11,23H,5H2,1-4H3/b7-6+,12-8+/t11-,19-/m0/s1. The quantitative estimate of drug-likeness (QED) is 0.621. The van der Waals surface area contributed by atoms with E-state index in [9.17, 15) is 14.7 Å². The van der Waals surface area contributed by atoms with Crippen molar-refractivity contribution in [3.05, 3.63) is 58.1 Å². The molecule has 0 radical (unpaired) electrons. The van der Waals surface area contributed by atoms with E-state index in [1.165, 1.54) is 12.3 Å². The molecule has 0 aromatic rings. The van der Waals surface area contributed by atoms with E-state index >= 15 is 0 Å². The van der Waals surface area contributed by atoms with Gasteiger partial charge in [-0.2, -0.15) is 0 Å². The normalized spacial score (nSPS) is 26.2. The summed E-state index contributed by atoms with van der Waals surface area (Å²) in [6, 6.07) is 0. The molecule has 128 valence electrons. The highest BCUT2D eigenvalue weighted by molar-refractivity contribution is 6.49. The number of hydrogen-bond acceptors (Lipinski definition) is 4. The summed E-state index contributed by atoms with van der Waals surface area (Å²) in [5, 5.41) is 9.85. The molecular formula is C19H21ClO4. The van der Waals surface area contributed by atoms with Gasteiger partial charge in [-0.1, -0.05) is 49.6 Å². The number of ether oxygens (including phenoxy) is 1. The molecule has 1 aliphatic heterocycles. The van der Waals surface area contributed by atoms with Crippen LogP contribution in [0.4, 0.5) is 0 Å². The molecular weight excluding hydrogens is 328 g/mol. The van der Waals surface area contributed by atoms with E-state index in [0.29, 0.717) is 11.7 Å². The number of hydrogen-bond donors (Lipinski definition) is 1. The number of carbonyl (C=O) groups excluding carboxylic acids is 2. The molecule has 2 rings (SSSR count). The number of carbonyl (C=O) groups is 2. The molecule has 5 heteroatoms. The molecule has 0 aromatic carbocycles. The lowest BCUT2D eigenvalue weighted by Gasteiger charge is -2.29. The van der Waals surface area contributed by atoms with Gasteiger partial charge in [0.05, 0.1) is 10.6 Å². The average molecular weight is 349 g/mol. The molecule has 2 aliphatic rings. The summed E-state index contributed by atoms with van der Waals surface area (Å²) >= 11 is 6.05. The van der Waals surface area contributed by atoms with Crippen LogP contribution in [-0.4, -0.2) is 22.3 Å². The van der Waals surface area contributed by atoms with E-state index in [4.69, 9.17) is 16.3 Å². The van der Waals surface area contributed by atoms with Crippen LogP contribution in [0.25, 0.3) is 0 Å². The Hall–Kier alpha value is -1.91. The van der Waals surface area contributed by atoms with Crippen molar-refractivity contribution in [3.8, 4) is 0 Å². The molecule has 4 nitrogen and oxygen atoms in total. The van der Waals surface area contributed by atoms with Crippen LogP contribution in [0.1, 0.15) is 34.1 Å². The lowest BCUT2D eigenvalue weighted by Crippen LogP contribution is -2.48. The van der Waals surface area contributed by atoms with Crippen LogP contribution in [-0.2, 0) is 14.3 Å². The van der Waals surface area contributed by atoms with Gasteiger partial charge in [0.15, 0.2) is 5.60 Å². The summed E-state index contributed by atoms with van der Waals surface area (Å²) in [6.45, 7) is 7.39. The Labute approximate surface area is 146 Å². The number of Topliss-reactive ketones (excluding diaryl/α,β-unsaturated/α-hetero) is 2. The average Bonchev–Trinajstić information content (AvgIpc) is 2.56. The first-order valence-electron chi connectivity index (χ1n) is 7.85. The summed E-state index contributed by atoms with van der Waals surface area (Å²) in [5.41, 5.74) is -0.671. The van der Waals surface area contributed by atoms with Crippen molar-refractivity contribution in [2.45, 2.75) is 39.7 Å². The molecule has 0 unspecified atom stereocenters. The van der Waals surface area contributed by atoms with Crippen LogP contribution in [0, 0.1) is 5.92 Å². The van der Waals surface area contributed by atoms with E-state index in [2.05, 4.69) is 19.9 Å². The summed E-state index contributed by atoms with van der Waals surface area (Å²) in [6.07, 6.45) is 9.62. The van der Waals surface area contributed by atoms with E-state index in [1.807, 2.05) is 13.0 Å². The van der Waals surface area contributed by atoms with Crippen molar-refractivity contribution >= 4 is 23.2 Å². The molecule has 2 atom stereocenters. The third kappa shape index (κ3) is 3.45. The zero-order valence-electron chi connectivity index (χ0n) is 14.2. The SMILES string of the molecule is CC[C@H](C)/C=C(C)/C=C/C1=CC2=C(Cl)C(=O)[C@@](C)(O)C(=O)C2=CO1. The van der Waals surface area contributed by atoms with Crippen LogP contribution in [0.2, 0.25) is 0 Å². The van der Waals surface area contributed by atoms with Gasteiger partial charge < -0.3 is 9.84 Å². The predicted octanol–water partition coefficient (Wildman–Crippen LogP) is 3.73. The first kappa shape index (κ1) is 18.4. The molecule has 0 spiro atoms. The number of fused-ring (bicyclic) bond motifs is 1. The fourth-order valence-electron chi connectivity index (χ4n) is 2.43. The summed E-state index contributed by atoms with van der Waals surface area (Å²) in [5.74, 6) is -0.559. The number of allylic oxidation sites excluding steroid dienone is 6. The number of ketones is 2. The van der Waals surface area contributed by atoms with Gasteiger partial charge in [0, 0.05) is 5.57 Å². The fourth-order valence-corrected chi connectivity index (χ4v) is 2.77. The number of halogens is 1. The van der Waals surface area contributed by atoms with Gasteiger partial charge in [-0.3, -0.25) is 9.59 Å². The molecule has 1 aliphatic carbocycles. The third-order valence-corrected chi connectivity index (χ3v) is 4.53. The Morgan fingerprint density at radius 3 is 2.71 bits per heavy atom. The van der Waals surface area contributed by atoms with E-state index in [-0.39, 0.29) is 16.2 Å². The molecule has 1 heterocycles. The van der Waals surface area contributed by atoms with Crippen LogP contribution in [0.5, 0.6) is 0 Å². The predicted molar refractivity (Wildman–Crippen MR) is 93.1 cm³/mol. The molecule has 1 N–H and O–H groups in total. The highest BCUT2D eigenvalue weighted by Crippen LogP contribution is 2.36. The maximum atomic E-state index is 12.2. The van der Waals surface area contributed by atoms with Gasteiger partial charge in [0.25, 0.3) is 0 Å². The fraction of sp³-hybridized carbons (Fsp3) is 0.368. The third-order valence-electron chi connectivity index (χ3n) is 4.16. The summed E-state index contributed by atoms with van der Waals surface area (Å²) in [7, 11) is 0. The van der Waals surface area contributed by atoms with Gasteiger partial charge in [0.1, 0.15) is 12.0 Å². The van der Waals surface area contributed by atoms with E-state index in [1.54, 1.807) is 6.08 Å². The summed E-state index contributed by atoms with van der Waals surface area (Å²) in [4.78, 5) is 24.3. The van der Waals surface area contributed by atoms with Crippen molar-refractivity contribution in [1.29, 1.82) is 0 Å². The molecule has 0 saturated heterocycles. The Balaban J connectivity index is 2.31. The lowest BCUT2D eigenvalue weighted by atomic mass is 9.80. The minimum absolute atomic E-state index is 0.105. The highest BCUT2D eigenvalue weighted by Gasteiger charge is 2.48. The zero-order chi connectivity index (χ0) is 18.1. The van der Waals surface area contributed by atoms with Crippen LogP contribution >= 0.6 is 11.6 Å². The van der Waals surface area contributed by atoms with E-state index < -0.39 is 17.2 Å². The molecule has 0 saturated carbocycles. The van der Waals surface area contributed by atoms with Gasteiger partial charge in [0.2, 0.25) is 11.6 Å². The first-order valence-corrected chi connectivity index (χ1v) is 8.23. The Morgan fingerprint density at radius 1 is 1.42 bits per heavy atom. The van der Waals surface area contributed by atoms with Crippen molar-refractivity contribution in [1.82, 2.24) is 0 Å². The maximum Gasteiger partial charge on any atom is 0.214 e. The largest absolute Gasteiger partial charge is 0.464 e. The van der Waals surface area contributed by atoms with Gasteiger partial charge >= 0.3 is 0 Å². The van der Waals surface area contributed by atoms with Crippen molar-refractivity contribution in [3.63, 3.8) is 0 Å². The second-order valence-corrected chi connectivity index (χ2v) is 6.66. The smallest absolute Gasteiger partial charge is 0.214 e. The second-order valence-electron chi connectivity index (χ2n) is 6.28. The Kier molecular flexibility index (Phi) is 5.31. The number of aliphatic hydroxyl groups is 1. The molecule has 0 aromatic heterocycles. The van der Waals surface area contributed by atoms with Crippen molar-refractivity contribution in [2.24, 2.45) is 5.92 Å². The Morgan fingerprint density at radius 2 is 2.08 bits per heavy atom. The van der Waals surface area contributed by atoms with Crippen LogP contribution in [0.3, 0.4) is 0 Å². The Bertz CT molecular complexity index is 732. The number of rotatable bonds is 4. The van der Waals surface area contributed by atoms with Crippen molar-refractivity contribution < 1.29 is 19.4 Å². The van der Waals surface area contributed by atoms with Gasteiger partial charge in [-0.25, -0.2) is 0 Å². The molecule has 24 heavy (non-hydrogen) atoms. The highest BCUT2D eigenvalue weighted by atomic mass is 35.5. The maximum absolute atomic E-state index is 12.2. The minimum Gasteiger partial charge on any atom is -0.464 e. The topological polar surface area (TPSA) is 63.6 Å². The van der Waals surface area contributed by atoms with Crippen molar-refractivity contribution in [2.75, 3.05) is 0 Å². The van der Waals surface area contributed by atoms with Crippen LogP contribution < -0.4 is 0 Å². The minimum atomic E-state index is -2.15. The van der Waals surface area contributed by atoms with Crippen LogP contribution in [0.15, 0.2) is 58.1 Å². The monoisotopic (exact) mass is 348 g/mol. The zero-order valence-corrected chi connectivity index (χ0v) is 15.0. The summed E-state index contributed by atoms with van der Waals surface area (Å²) < 4.78 is 5.43.